The van der Waals surface area contributed by atoms with Crippen LogP contribution in [-0.4, -0.2) is 30.7 Å². The van der Waals surface area contributed by atoms with Crippen molar-refractivity contribution in [2.75, 3.05) is 23.7 Å². The zero-order valence-corrected chi connectivity index (χ0v) is 17.1. The number of benzene rings is 1. The maximum Gasteiger partial charge on any atom is 0.269 e. The number of anilines is 1. The summed E-state index contributed by atoms with van der Waals surface area (Å²) in [6.45, 7) is 6.00. The summed E-state index contributed by atoms with van der Waals surface area (Å²) < 4.78 is 0.740. The summed E-state index contributed by atoms with van der Waals surface area (Å²) in [5.74, 6) is 0.396. The molecule has 0 saturated heterocycles. The first-order valence-electron chi connectivity index (χ1n) is 8.29. The van der Waals surface area contributed by atoms with Crippen molar-refractivity contribution in [3.63, 3.8) is 0 Å². The van der Waals surface area contributed by atoms with Crippen LogP contribution in [0.2, 0.25) is 4.34 Å². The molecule has 0 spiro atoms. The van der Waals surface area contributed by atoms with Gasteiger partial charge in [-0.15, -0.1) is 23.1 Å². The Labute approximate surface area is 167 Å². The number of carbonyl (C=O) groups is 2. The summed E-state index contributed by atoms with van der Waals surface area (Å²) in [6, 6.07) is 11.1. The van der Waals surface area contributed by atoms with Crippen LogP contribution in [0.5, 0.6) is 0 Å². The number of amides is 2. The molecule has 8 heteroatoms. The fourth-order valence-electron chi connectivity index (χ4n) is 2.32. The highest BCUT2D eigenvalue weighted by molar-refractivity contribution is 7.99. The zero-order chi connectivity index (χ0) is 18.9. The number of hydrazine groups is 1. The molecule has 2 amide bonds. The number of halogens is 1. The Morgan fingerprint density at radius 2 is 1.77 bits per heavy atom. The minimum atomic E-state index is -0.334. The third-order valence-electron chi connectivity index (χ3n) is 3.68. The summed E-state index contributed by atoms with van der Waals surface area (Å²) in [4.78, 5) is 27.2. The third-order valence-corrected chi connectivity index (χ3v) is 6.08. The fraction of sp³-hybridized carbons (Fsp3) is 0.333. The van der Waals surface area contributed by atoms with E-state index in [0.717, 1.165) is 28.0 Å². The van der Waals surface area contributed by atoms with Gasteiger partial charge in [-0.1, -0.05) is 11.6 Å². The number of hydrogen-bond donors (Lipinski definition) is 2. The predicted molar refractivity (Wildman–Crippen MR) is 111 cm³/mol. The van der Waals surface area contributed by atoms with Crippen molar-refractivity contribution >= 4 is 52.2 Å². The first-order chi connectivity index (χ1) is 12.5. The Hall–Kier alpha value is -1.70. The highest BCUT2D eigenvalue weighted by Gasteiger charge is 2.09. The number of hydrogen-bond acceptors (Lipinski definition) is 5. The molecule has 0 aliphatic heterocycles. The summed E-state index contributed by atoms with van der Waals surface area (Å²) >= 11 is 8.84. The molecule has 0 atom stereocenters. The third kappa shape index (κ3) is 6.23. The van der Waals surface area contributed by atoms with E-state index in [4.69, 9.17) is 11.6 Å². The van der Waals surface area contributed by atoms with E-state index in [0.29, 0.717) is 11.3 Å². The lowest BCUT2D eigenvalue weighted by atomic mass is 10.2. The summed E-state index contributed by atoms with van der Waals surface area (Å²) in [5, 5.41) is 0. The molecule has 5 nitrogen and oxygen atoms in total. The van der Waals surface area contributed by atoms with Crippen molar-refractivity contribution < 1.29 is 9.59 Å². The van der Waals surface area contributed by atoms with Gasteiger partial charge in [-0.3, -0.25) is 20.4 Å². The molecule has 0 bridgehead atoms. The summed E-state index contributed by atoms with van der Waals surface area (Å²) in [6.07, 6.45) is 0. The van der Waals surface area contributed by atoms with E-state index in [1.54, 1.807) is 12.1 Å². The Morgan fingerprint density at radius 1 is 1.08 bits per heavy atom. The van der Waals surface area contributed by atoms with Crippen LogP contribution in [0.15, 0.2) is 36.4 Å². The molecular formula is C18H22ClN3O2S2. The largest absolute Gasteiger partial charge is 0.372 e. The average molecular weight is 412 g/mol. The Bertz CT molecular complexity index is 730. The van der Waals surface area contributed by atoms with Gasteiger partial charge in [0.05, 0.1) is 10.1 Å². The summed E-state index contributed by atoms with van der Waals surface area (Å²) in [5.41, 5.74) is 6.46. The van der Waals surface area contributed by atoms with Crippen LogP contribution in [0.3, 0.4) is 0 Å². The van der Waals surface area contributed by atoms with Gasteiger partial charge in [-0.25, -0.2) is 0 Å². The molecule has 0 radical (unpaired) electrons. The van der Waals surface area contributed by atoms with Crippen LogP contribution in [0.25, 0.3) is 0 Å². The zero-order valence-electron chi connectivity index (χ0n) is 14.8. The van der Waals surface area contributed by atoms with E-state index in [-0.39, 0.29) is 17.6 Å². The van der Waals surface area contributed by atoms with Crippen LogP contribution in [-0.2, 0) is 10.5 Å². The Kier molecular flexibility index (Phi) is 8.28. The Balaban J connectivity index is 1.74. The van der Waals surface area contributed by atoms with Crippen LogP contribution < -0.4 is 15.8 Å². The molecular weight excluding hydrogens is 390 g/mol. The van der Waals surface area contributed by atoms with E-state index in [1.807, 2.05) is 24.3 Å². The predicted octanol–water partition coefficient (Wildman–Crippen LogP) is 3.94. The second-order valence-corrected chi connectivity index (χ2v) is 8.21. The summed E-state index contributed by atoms with van der Waals surface area (Å²) in [7, 11) is 0. The first kappa shape index (κ1) is 20.6. The quantitative estimate of drug-likeness (QED) is 0.646. The number of thiophene rings is 1. The van der Waals surface area contributed by atoms with Crippen molar-refractivity contribution in [1.82, 2.24) is 10.9 Å². The monoisotopic (exact) mass is 411 g/mol. The van der Waals surface area contributed by atoms with Crippen molar-refractivity contribution in [2.24, 2.45) is 0 Å². The van der Waals surface area contributed by atoms with Crippen LogP contribution >= 0.6 is 34.7 Å². The van der Waals surface area contributed by atoms with Gasteiger partial charge in [0.15, 0.2) is 0 Å². The minimum absolute atomic E-state index is 0.245. The van der Waals surface area contributed by atoms with E-state index < -0.39 is 0 Å². The molecule has 0 unspecified atom stereocenters. The number of carbonyl (C=O) groups excluding carboxylic acids is 2. The molecule has 0 fully saturated rings. The second-order valence-electron chi connectivity index (χ2n) is 5.42. The Morgan fingerprint density at radius 3 is 2.35 bits per heavy atom. The number of nitrogens with zero attached hydrogens (tertiary/aromatic N) is 1. The number of rotatable bonds is 8. The van der Waals surface area contributed by atoms with Gasteiger partial charge in [0.2, 0.25) is 5.91 Å². The van der Waals surface area contributed by atoms with Crippen LogP contribution in [0, 0.1) is 0 Å². The van der Waals surface area contributed by atoms with Gasteiger partial charge in [0, 0.05) is 35.0 Å². The van der Waals surface area contributed by atoms with Crippen molar-refractivity contribution in [2.45, 2.75) is 19.6 Å². The molecule has 1 aromatic carbocycles. The van der Waals surface area contributed by atoms with Gasteiger partial charge >= 0.3 is 0 Å². The molecule has 26 heavy (non-hydrogen) atoms. The maximum atomic E-state index is 12.1. The molecule has 0 aliphatic rings. The topological polar surface area (TPSA) is 61.4 Å². The number of thioether (sulfide) groups is 1. The molecule has 2 aromatic rings. The lowest BCUT2D eigenvalue weighted by Gasteiger charge is -2.21. The molecule has 140 valence electrons. The molecule has 1 heterocycles. The fourth-order valence-corrected chi connectivity index (χ4v) is 4.35. The van der Waals surface area contributed by atoms with Gasteiger partial charge in [0.25, 0.3) is 5.91 Å². The maximum absolute atomic E-state index is 12.1. The van der Waals surface area contributed by atoms with Crippen molar-refractivity contribution in [1.29, 1.82) is 0 Å². The van der Waals surface area contributed by atoms with Gasteiger partial charge < -0.3 is 4.90 Å². The highest BCUT2D eigenvalue weighted by atomic mass is 35.5. The van der Waals surface area contributed by atoms with E-state index in [1.165, 1.54) is 23.1 Å². The van der Waals surface area contributed by atoms with Gasteiger partial charge in [0.1, 0.15) is 0 Å². The van der Waals surface area contributed by atoms with Crippen molar-refractivity contribution in [3.05, 3.63) is 51.2 Å². The highest BCUT2D eigenvalue weighted by Crippen LogP contribution is 2.24. The van der Waals surface area contributed by atoms with E-state index in [2.05, 4.69) is 29.6 Å². The second kappa shape index (κ2) is 10.4. The van der Waals surface area contributed by atoms with E-state index >= 15 is 0 Å². The SMILES string of the molecule is CCN(CC)c1ccc(C(=O)NNC(=O)CSCc2ccc(Cl)s2)cc1. The molecule has 2 N–H and O–H groups in total. The van der Waals surface area contributed by atoms with Crippen LogP contribution in [0.4, 0.5) is 5.69 Å². The molecule has 0 aliphatic carbocycles. The van der Waals surface area contributed by atoms with Gasteiger partial charge in [-0.05, 0) is 50.2 Å². The molecule has 0 saturated carbocycles. The average Bonchev–Trinajstić information content (AvgIpc) is 3.06. The van der Waals surface area contributed by atoms with Crippen LogP contribution in [0.1, 0.15) is 29.1 Å². The molecule has 2 rings (SSSR count). The normalized spacial score (nSPS) is 10.4. The molecule has 1 aromatic heterocycles. The van der Waals surface area contributed by atoms with Gasteiger partial charge in [-0.2, -0.15) is 0 Å². The lowest BCUT2D eigenvalue weighted by Crippen LogP contribution is -2.42. The van der Waals surface area contributed by atoms with E-state index in [9.17, 15) is 9.59 Å². The lowest BCUT2D eigenvalue weighted by molar-refractivity contribution is -0.119. The van der Waals surface area contributed by atoms with Crippen molar-refractivity contribution in [3.8, 4) is 0 Å². The number of nitrogens with one attached hydrogen (secondary N) is 2. The minimum Gasteiger partial charge on any atom is -0.372 e. The smallest absolute Gasteiger partial charge is 0.269 e. The first-order valence-corrected chi connectivity index (χ1v) is 10.6. The standard InChI is InChI=1S/C18H22ClN3O2S2/c1-3-22(4-2)14-7-5-13(6-8-14)18(24)21-20-17(23)12-25-11-15-9-10-16(19)26-15/h5-10H,3-4,11-12H2,1-2H3,(H,20,23)(H,21,24).